The fourth-order valence-electron chi connectivity index (χ4n) is 12.9. The van der Waals surface area contributed by atoms with Crippen LogP contribution in [-0.2, 0) is 34.2 Å². The number of likely N-dealkylation sites (tertiary alicyclic amines) is 2. The van der Waals surface area contributed by atoms with E-state index in [0.29, 0.717) is 32.5 Å². The lowest BCUT2D eigenvalue weighted by Crippen LogP contribution is -2.54. The number of nitrogens with one attached hydrogen (secondary N) is 2. The maximum atomic E-state index is 15.3. The van der Waals surface area contributed by atoms with Crippen LogP contribution >= 0.6 is 0 Å². The summed E-state index contributed by atoms with van der Waals surface area (Å²) < 4.78 is 30.0. The molecule has 0 aromatic heterocycles. The lowest BCUT2D eigenvalue weighted by Gasteiger charge is -2.37. The van der Waals surface area contributed by atoms with Crippen molar-refractivity contribution in [1.29, 1.82) is 0 Å². The summed E-state index contributed by atoms with van der Waals surface area (Å²) in [6.45, 7) is 19.2. The Hall–Kier alpha value is -2.64. The fourth-order valence-corrected chi connectivity index (χ4v) is 14.2. The predicted octanol–water partition coefficient (Wildman–Crippen LogP) is 5.56. The van der Waals surface area contributed by atoms with Crippen molar-refractivity contribution in [2.75, 3.05) is 32.7 Å². The van der Waals surface area contributed by atoms with E-state index in [0.717, 1.165) is 90.1 Å². The molecule has 58 heavy (non-hydrogen) atoms. The molecule has 12 nitrogen and oxygen atoms in total. The quantitative estimate of drug-likeness (QED) is 0.204. The average molecular weight is 826 g/mol. The lowest BCUT2D eigenvalue weighted by molar-refractivity contribution is -0.147. The maximum Gasteiger partial charge on any atom is 0.303 e. The van der Waals surface area contributed by atoms with Gasteiger partial charge in [0, 0.05) is 43.8 Å². The minimum Gasteiger partial charge on any atom is -0.345 e. The topological polar surface area (TPSA) is 153 Å². The van der Waals surface area contributed by atoms with E-state index < -0.39 is 44.9 Å². The summed E-state index contributed by atoms with van der Waals surface area (Å²) in [6, 6.07) is -1.72. The highest BCUT2D eigenvalue weighted by atomic mass is 32.2. The Morgan fingerprint density at radius 2 is 1.53 bits per heavy atom. The normalized spacial score (nSPS) is 33.1. The smallest absolute Gasteiger partial charge is 0.303 e. The van der Waals surface area contributed by atoms with E-state index in [1.54, 1.807) is 11.0 Å². The molecule has 3 aliphatic heterocycles. The molecule has 0 aromatic rings. The second-order valence-electron chi connectivity index (χ2n) is 21.0. The number of rotatable bonds is 15. The Bertz CT molecular complexity index is 1770. The van der Waals surface area contributed by atoms with E-state index >= 15 is 4.79 Å². The monoisotopic (exact) mass is 826 g/mol. The predicted molar refractivity (Wildman–Crippen MR) is 222 cm³/mol. The van der Waals surface area contributed by atoms with Gasteiger partial charge >= 0.3 is 10.2 Å². The van der Waals surface area contributed by atoms with E-state index in [4.69, 9.17) is 0 Å². The van der Waals surface area contributed by atoms with Crippen LogP contribution in [0.15, 0.2) is 12.7 Å². The number of likely N-dealkylation sites (N-methyl/N-ethyl adjacent to an activating group) is 1. The third kappa shape index (κ3) is 7.22. The highest BCUT2D eigenvalue weighted by Gasteiger charge is 2.85. The zero-order valence-electron chi connectivity index (χ0n) is 36.2. The van der Waals surface area contributed by atoms with Crippen molar-refractivity contribution in [2.45, 2.75) is 162 Å². The van der Waals surface area contributed by atoms with Gasteiger partial charge in [0.15, 0.2) is 11.6 Å². The number of carbonyl (C=O) groups excluding carboxylic acids is 5. The lowest BCUT2D eigenvalue weighted by atomic mass is 9.73. The van der Waals surface area contributed by atoms with Gasteiger partial charge in [0.05, 0.1) is 23.5 Å². The number of ketones is 2. The van der Waals surface area contributed by atoms with Crippen LogP contribution in [-0.4, -0.2) is 103 Å². The minimum absolute atomic E-state index is 0.0143. The number of hydrogen-bond acceptors (Lipinski definition) is 8. The van der Waals surface area contributed by atoms with Gasteiger partial charge in [0.25, 0.3) is 0 Å². The van der Waals surface area contributed by atoms with Crippen LogP contribution in [0.3, 0.4) is 0 Å². The molecule has 4 saturated carbocycles. The van der Waals surface area contributed by atoms with E-state index in [1.807, 2.05) is 20.8 Å². The number of nitrogens with zero attached hydrogens (tertiary/aromatic N) is 3. The van der Waals surface area contributed by atoms with E-state index in [1.165, 1.54) is 4.31 Å². The van der Waals surface area contributed by atoms with Gasteiger partial charge in [-0.05, 0) is 105 Å². The largest absolute Gasteiger partial charge is 0.345 e. The molecule has 0 radical (unpaired) electrons. The van der Waals surface area contributed by atoms with Gasteiger partial charge in [-0.1, -0.05) is 73.3 Å². The number of hydrogen-bond donors (Lipinski definition) is 2. The molecule has 7 rings (SSSR count). The van der Waals surface area contributed by atoms with Crippen molar-refractivity contribution in [3.63, 3.8) is 0 Å². The first-order valence-electron chi connectivity index (χ1n) is 22.6. The molecule has 0 bridgehead atoms. The van der Waals surface area contributed by atoms with Crippen LogP contribution in [0.4, 0.5) is 0 Å². The maximum absolute atomic E-state index is 15.3. The van der Waals surface area contributed by atoms with Crippen molar-refractivity contribution < 1.29 is 32.4 Å². The highest BCUT2D eigenvalue weighted by Crippen LogP contribution is 2.88. The first-order chi connectivity index (χ1) is 27.3. The molecule has 7 atom stereocenters. The molecule has 3 amide bonds. The van der Waals surface area contributed by atoms with E-state index in [2.05, 4.69) is 42.3 Å². The second kappa shape index (κ2) is 15.7. The molecule has 13 heteroatoms. The Labute approximate surface area is 347 Å². The number of allylic oxidation sites excluding steroid dienone is 1. The number of fused-ring (bicyclic) bond motifs is 1. The summed E-state index contributed by atoms with van der Waals surface area (Å²) in [7, 11) is -4.06. The van der Waals surface area contributed by atoms with Crippen molar-refractivity contribution in [1.82, 2.24) is 24.1 Å². The standard InChI is InChI=1S/C45H71N5O7S/c1-8-31-26-43(31,40(55)47-58(56,57)49-23-13-14-24-49)28-36(52)34-27-45(42(6,7)44(45)20-16-21-44)29-50(34)39(54)32(41(3,4)5)25-35(51)37(30-17-11-10-12-18-30)46-38(53)33-19-15-22-48(33)9-2/h8,30-34,37H,1,9-29H2,2-7H3,(H,46,53)(H,47,55)/t31-,32-,33+,34+,37+,43-,45-/m1/s1. The number of carbonyl (C=O) groups is 5. The third-order valence-electron chi connectivity index (χ3n) is 17.0. The van der Waals surface area contributed by atoms with Gasteiger partial charge in [0.2, 0.25) is 17.7 Å². The Kier molecular flexibility index (Phi) is 11.7. The van der Waals surface area contributed by atoms with Crippen molar-refractivity contribution >= 4 is 39.5 Å². The second-order valence-corrected chi connectivity index (χ2v) is 22.6. The molecule has 2 spiro atoms. The molecule has 3 heterocycles. The van der Waals surface area contributed by atoms with Gasteiger partial charge in [-0.15, -0.1) is 6.58 Å². The molecule has 324 valence electrons. The van der Waals surface area contributed by atoms with Crippen LogP contribution in [0.5, 0.6) is 0 Å². The molecular weight excluding hydrogens is 755 g/mol. The molecular formula is C45H71N5O7S. The fraction of sp³-hybridized carbons (Fsp3) is 0.844. The Morgan fingerprint density at radius 3 is 2.09 bits per heavy atom. The summed E-state index contributed by atoms with van der Waals surface area (Å²) in [6.07, 6.45) is 13.4. The molecule has 7 aliphatic rings. The average Bonchev–Trinajstić information content (AvgIpc) is 3.58. The first-order valence-corrected chi connectivity index (χ1v) is 24.1. The number of Topliss-reactive ketones (excluding diaryl/α,β-unsaturated/α-hetero) is 2. The SMILES string of the molecule is C=C[C@@H]1C[C@]1(CC(=O)[C@@H]1C[C@@]2(CN1C(=O)[C@@H](CC(=O)[C@@H](NC(=O)[C@@H]1CCCN1CC)C1CCCCC1)C(C)(C)C)C(C)(C)C21CCC1)C(=O)NS(=O)(=O)N1CCCC1. The Balaban J connectivity index is 1.15. The van der Waals surface area contributed by atoms with E-state index in [9.17, 15) is 27.6 Å². The zero-order valence-corrected chi connectivity index (χ0v) is 37.0. The summed E-state index contributed by atoms with van der Waals surface area (Å²) in [5, 5.41) is 3.23. The molecule has 7 fully saturated rings. The van der Waals surface area contributed by atoms with Crippen molar-refractivity contribution in [3.05, 3.63) is 12.7 Å². The molecule has 3 saturated heterocycles. The van der Waals surface area contributed by atoms with Crippen LogP contribution in [0, 0.1) is 44.8 Å². The first kappa shape index (κ1) is 43.4. The molecule has 4 aliphatic carbocycles. The summed E-state index contributed by atoms with van der Waals surface area (Å²) in [5.74, 6) is -2.43. The molecule has 0 unspecified atom stereocenters. The van der Waals surface area contributed by atoms with Crippen LogP contribution < -0.4 is 10.0 Å². The van der Waals surface area contributed by atoms with Crippen LogP contribution in [0.1, 0.15) is 144 Å². The zero-order chi connectivity index (χ0) is 42.1. The van der Waals surface area contributed by atoms with E-state index in [-0.39, 0.29) is 70.3 Å². The summed E-state index contributed by atoms with van der Waals surface area (Å²) in [4.78, 5) is 76.6. The van der Waals surface area contributed by atoms with Gasteiger partial charge in [-0.2, -0.15) is 12.7 Å². The van der Waals surface area contributed by atoms with Gasteiger partial charge in [-0.25, -0.2) is 4.72 Å². The van der Waals surface area contributed by atoms with Gasteiger partial charge in [0.1, 0.15) is 0 Å². The Morgan fingerprint density at radius 1 is 0.862 bits per heavy atom. The minimum atomic E-state index is -4.06. The number of amides is 3. The third-order valence-corrected chi connectivity index (χ3v) is 18.5. The van der Waals surface area contributed by atoms with Crippen LogP contribution in [0.2, 0.25) is 0 Å². The molecule has 0 aromatic carbocycles. The van der Waals surface area contributed by atoms with Gasteiger partial charge in [-0.3, -0.25) is 28.9 Å². The van der Waals surface area contributed by atoms with Crippen LogP contribution in [0.25, 0.3) is 0 Å². The summed E-state index contributed by atoms with van der Waals surface area (Å²) >= 11 is 0. The van der Waals surface area contributed by atoms with Crippen molar-refractivity contribution in [3.8, 4) is 0 Å². The summed E-state index contributed by atoms with van der Waals surface area (Å²) in [5.41, 5.74) is -2.21. The highest BCUT2D eigenvalue weighted by molar-refractivity contribution is 7.87. The van der Waals surface area contributed by atoms with Gasteiger partial charge < -0.3 is 10.2 Å². The molecule has 2 N–H and O–H groups in total. The van der Waals surface area contributed by atoms with Crippen molar-refractivity contribution in [2.24, 2.45) is 44.8 Å².